The lowest BCUT2D eigenvalue weighted by atomic mass is 10.1. The normalized spacial score (nSPS) is 14.3. The van der Waals surface area contributed by atoms with E-state index in [2.05, 4.69) is 25.5 Å². The van der Waals surface area contributed by atoms with E-state index < -0.39 is 0 Å². The van der Waals surface area contributed by atoms with Crippen LogP contribution < -0.4 is 15.4 Å². The number of nitrogens with one attached hydrogen (secondary N) is 3. The maximum Gasteiger partial charge on any atom is 0.255 e. The molecule has 4 aromatic rings. The van der Waals surface area contributed by atoms with Crippen LogP contribution in [0.1, 0.15) is 15.9 Å². The molecule has 0 spiro atoms. The molecule has 1 amide bonds. The van der Waals surface area contributed by atoms with E-state index in [0.29, 0.717) is 11.3 Å². The number of piperazine rings is 1. The maximum atomic E-state index is 13.1. The molecule has 0 saturated carbocycles. The van der Waals surface area contributed by atoms with Gasteiger partial charge >= 0.3 is 0 Å². The highest BCUT2D eigenvalue weighted by Gasteiger charge is 2.17. The summed E-state index contributed by atoms with van der Waals surface area (Å²) in [7, 11) is 1.65. The van der Waals surface area contributed by atoms with E-state index in [0.717, 1.165) is 66.5 Å². The SMILES string of the molecule is COc1cc(C(=O)Nc2ccccc2-c2nc3ccccc3[nH]2)ccc1CN1CCNCC1. The number of rotatable bonds is 6. The van der Waals surface area contributed by atoms with E-state index in [1.807, 2.05) is 66.7 Å². The fourth-order valence-electron chi connectivity index (χ4n) is 4.20. The van der Waals surface area contributed by atoms with Crippen LogP contribution in [0.15, 0.2) is 66.7 Å². The molecular formula is C26H27N5O2. The molecule has 0 unspecified atom stereocenters. The van der Waals surface area contributed by atoms with Crippen LogP contribution in [0.5, 0.6) is 5.75 Å². The van der Waals surface area contributed by atoms with Gasteiger partial charge in [-0.2, -0.15) is 0 Å². The van der Waals surface area contributed by atoms with Crippen molar-refractivity contribution in [1.82, 2.24) is 20.2 Å². The van der Waals surface area contributed by atoms with Crippen LogP contribution in [0, 0.1) is 0 Å². The number of imidazole rings is 1. The number of benzene rings is 3. The van der Waals surface area contributed by atoms with Crippen molar-refractivity contribution < 1.29 is 9.53 Å². The number of methoxy groups -OCH3 is 1. The van der Waals surface area contributed by atoms with Gasteiger partial charge in [0.2, 0.25) is 0 Å². The molecule has 2 heterocycles. The standard InChI is InChI=1S/C26H27N5O2/c1-33-24-16-18(10-11-19(24)17-31-14-12-27-13-15-31)26(32)30-21-7-3-2-6-20(21)25-28-22-8-4-5-9-23(22)29-25/h2-11,16,27H,12-15,17H2,1H3,(H,28,29)(H,30,32). The molecule has 0 bridgehead atoms. The van der Waals surface area contributed by atoms with Gasteiger partial charge in [-0.15, -0.1) is 0 Å². The van der Waals surface area contributed by atoms with E-state index in [1.165, 1.54) is 0 Å². The topological polar surface area (TPSA) is 82.3 Å². The van der Waals surface area contributed by atoms with Gasteiger partial charge < -0.3 is 20.4 Å². The van der Waals surface area contributed by atoms with Crippen molar-refractivity contribution >= 4 is 22.6 Å². The average Bonchev–Trinajstić information content (AvgIpc) is 3.29. The first kappa shape index (κ1) is 21.2. The van der Waals surface area contributed by atoms with Crippen LogP contribution in [-0.4, -0.2) is 54.1 Å². The minimum absolute atomic E-state index is 0.189. The molecule has 5 rings (SSSR count). The smallest absolute Gasteiger partial charge is 0.255 e. The Balaban J connectivity index is 1.37. The third kappa shape index (κ3) is 4.60. The molecule has 1 aliphatic heterocycles. The largest absolute Gasteiger partial charge is 0.496 e. The van der Waals surface area contributed by atoms with Gasteiger partial charge in [-0.05, 0) is 36.4 Å². The van der Waals surface area contributed by atoms with Crippen molar-refractivity contribution in [3.63, 3.8) is 0 Å². The molecule has 3 aromatic carbocycles. The number of amides is 1. The fraction of sp³-hybridized carbons (Fsp3) is 0.231. The molecule has 1 saturated heterocycles. The van der Waals surface area contributed by atoms with Gasteiger partial charge in [-0.25, -0.2) is 4.98 Å². The zero-order valence-electron chi connectivity index (χ0n) is 18.6. The lowest BCUT2D eigenvalue weighted by molar-refractivity contribution is 0.102. The van der Waals surface area contributed by atoms with Crippen LogP contribution in [0.4, 0.5) is 5.69 Å². The number of anilines is 1. The van der Waals surface area contributed by atoms with Crippen molar-refractivity contribution in [1.29, 1.82) is 0 Å². The Hall–Kier alpha value is -3.68. The van der Waals surface area contributed by atoms with E-state index in [-0.39, 0.29) is 5.91 Å². The van der Waals surface area contributed by atoms with Gasteiger partial charge in [-0.1, -0.05) is 30.3 Å². The highest BCUT2D eigenvalue weighted by atomic mass is 16.5. The van der Waals surface area contributed by atoms with Crippen molar-refractivity contribution in [2.24, 2.45) is 0 Å². The van der Waals surface area contributed by atoms with Crippen molar-refractivity contribution in [3.05, 3.63) is 77.9 Å². The second-order valence-corrected chi connectivity index (χ2v) is 8.16. The van der Waals surface area contributed by atoms with Crippen molar-refractivity contribution in [2.45, 2.75) is 6.54 Å². The number of fused-ring (bicyclic) bond motifs is 1. The van der Waals surface area contributed by atoms with Crippen LogP contribution in [0.3, 0.4) is 0 Å². The average molecular weight is 442 g/mol. The molecule has 0 aliphatic carbocycles. The number of nitrogens with zero attached hydrogens (tertiary/aromatic N) is 2. The molecule has 168 valence electrons. The molecule has 0 atom stereocenters. The number of ether oxygens (including phenoxy) is 1. The molecular weight excluding hydrogens is 414 g/mol. The summed E-state index contributed by atoms with van der Waals surface area (Å²) in [6.07, 6.45) is 0. The molecule has 1 fully saturated rings. The van der Waals surface area contributed by atoms with Gasteiger partial charge in [0.15, 0.2) is 0 Å². The highest BCUT2D eigenvalue weighted by Crippen LogP contribution is 2.29. The Bertz CT molecular complexity index is 1240. The Labute approximate surface area is 192 Å². The zero-order valence-corrected chi connectivity index (χ0v) is 18.6. The zero-order chi connectivity index (χ0) is 22.6. The number of aromatic amines is 1. The van der Waals surface area contributed by atoms with E-state index >= 15 is 0 Å². The molecule has 7 heteroatoms. The maximum absolute atomic E-state index is 13.1. The van der Waals surface area contributed by atoms with Gasteiger partial charge in [-0.3, -0.25) is 9.69 Å². The Morgan fingerprint density at radius 2 is 1.85 bits per heavy atom. The van der Waals surface area contributed by atoms with E-state index in [1.54, 1.807) is 7.11 Å². The van der Waals surface area contributed by atoms with Gasteiger partial charge in [0.1, 0.15) is 11.6 Å². The second kappa shape index (κ2) is 9.44. The van der Waals surface area contributed by atoms with E-state index in [9.17, 15) is 4.79 Å². The summed E-state index contributed by atoms with van der Waals surface area (Å²) >= 11 is 0. The fourth-order valence-corrected chi connectivity index (χ4v) is 4.20. The predicted molar refractivity (Wildman–Crippen MR) is 131 cm³/mol. The van der Waals surface area contributed by atoms with Crippen molar-refractivity contribution in [3.8, 4) is 17.1 Å². The van der Waals surface area contributed by atoms with Gasteiger partial charge in [0.05, 0.1) is 23.8 Å². The van der Waals surface area contributed by atoms with E-state index in [4.69, 9.17) is 4.74 Å². The summed E-state index contributed by atoms with van der Waals surface area (Å²) < 4.78 is 5.62. The number of aromatic nitrogens is 2. The first-order chi connectivity index (χ1) is 16.2. The molecule has 3 N–H and O–H groups in total. The summed E-state index contributed by atoms with van der Waals surface area (Å²) in [6, 6.07) is 21.2. The molecule has 1 aliphatic rings. The number of hydrogen-bond acceptors (Lipinski definition) is 5. The monoisotopic (exact) mass is 441 g/mol. The Morgan fingerprint density at radius 1 is 1.06 bits per heavy atom. The summed E-state index contributed by atoms with van der Waals surface area (Å²) in [6.45, 7) is 4.80. The summed E-state index contributed by atoms with van der Waals surface area (Å²) in [4.78, 5) is 23.5. The Morgan fingerprint density at radius 3 is 2.67 bits per heavy atom. The first-order valence-electron chi connectivity index (χ1n) is 11.2. The van der Waals surface area contributed by atoms with Crippen LogP contribution in [0.25, 0.3) is 22.4 Å². The number of H-pyrrole nitrogens is 1. The number of para-hydroxylation sites is 3. The number of carbonyl (C=O) groups excluding carboxylic acids is 1. The molecule has 7 nitrogen and oxygen atoms in total. The number of hydrogen-bond donors (Lipinski definition) is 3. The molecule has 0 radical (unpaired) electrons. The predicted octanol–water partition coefficient (Wildman–Crippen LogP) is 3.90. The van der Waals surface area contributed by atoms with Gasteiger partial charge in [0.25, 0.3) is 5.91 Å². The lowest BCUT2D eigenvalue weighted by Crippen LogP contribution is -2.42. The highest BCUT2D eigenvalue weighted by molar-refractivity contribution is 6.06. The summed E-state index contributed by atoms with van der Waals surface area (Å²) in [5.41, 5.74) is 5.01. The third-order valence-electron chi connectivity index (χ3n) is 5.97. The van der Waals surface area contributed by atoms with Gasteiger partial charge in [0, 0.05) is 49.4 Å². The quantitative estimate of drug-likeness (QED) is 0.423. The molecule has 1 aromatic heterocycles. The van der Waals surface area contributed by atoms with Crippen molar-refractivity contribution in [2.75, 3.05) is 38.6 Å². The number of carbonyl (C=O) groups is 1. The minimum Gasteiger partial charge on any atom is -0.496 e. The Kier molecular flexibility index (Phi) is 6.06. The summed E-state index contributed by atoms with van der Waals surface area (Å²) in [5.74, 6) is 1.26. The minimum atomic E-state index is -0.189. The first-order valence-corrected chi connectivity index (χ1v) is 11.2. The summed E-state index contributed by atoms with van der Waals surface area (Å²) in [5, 5.41) is 6.42. The van der Waals surface area contributed by atoms with Crippen LogP contribution in [-0.2, 0) is 6.54 Å². The van der Waals surface area contributed by atoms with Crippen LogP contribution >= 0.6 is 0 Å². The lowest BCUT2D eigenvalue weighted by Gasteiger charge is -2.27. The second-order valence-electron chi connectivity index (χ2n) is 8.16. The third-order valence-corrected chi connectivity index (χ3v) is 5.97. The van der Waals surface area contributed by atoms with Crippen LogP contribution in [0.2, 0.25) is 0 Å². The molecule has 33 heavy (non-hydrogen) atoms.